The number of morpholine rings is 1. The van der Waals surface area contributed by atoms with Crippen molar-refractivity contribution in [3.63, 3.8) is 0 Å². The third-order valence-electron chi connectivity index (χ3n) is 2.87. The summed E-state index contributed by atoms with van der Waals surface area (Å²) in [6.45, 7) is 1.13. The van der Waals surface area contributed by atoms with Crippen molar-refractivity contribution in [2.45, 2.75) is 24.9 Å². The van der Waals surface area contributed by atoms with Crippen LogP contribution in [0, 0.1) is 0 Å². The van der Waals surface area contributed by atoms with Gasteiger partial charge in [0, 0.05) is 6.54 Å². The minimum absolute atomic E-state index is 0.0962. The first-order chi connectivity index (χ1) is 8.56. The fourth-order valence-corrected chi connectivity index (χ4v) is 2.39. The van der Waals surface area contributed by atoms with Crippen molar-refractivity contribution in [1.29, 1.82) is 0 Å². The van der Waals surface area contributed by atoms with E-state index < -0.39 is 18.1 Å². The number of aliphatic carboxylic acids is 1. The molecule has 0 saturated carbocycles. The molecular weight excluding hydrogens is 256 g/mol. The van der Waals surface area contributed by atoms with Gasteiger partial charge in [0.2, 0.25) is 5.91 Å². The van der Waals surface area contributed by atoms with Crippen LogP contribution >= 0.6 is 11.8 Å². The molecule has 7 heteroatoms. The molecule has 2 atom stereocenters. The van der Waals surface area contributed by atoms with Crippen LogP contribution in [0.1, 0.15) is 12.8 Å². The molecule has 0 aliphatic carbocycles. The number of nitrogens with zero attached hydrogens (tertiary/aromatic N) is 1. The Balaban J connectivity index is 2.58. The molecule has 18 heavy (non-hydrogen) atoms. The Labute approximate surface area is 111 Å². The lowest BCUT2D eigenvalue weighted by Gasteiger charge is -2.36. The molecule has 0 radical (unpaired) electrons. The Kier molecular flexibility index (Phi) is 6.45. The van der Waals surface area contributed by atoms with Gasteiger partial charge in [-0.1, -0.05) is 0 Å². The van der Waals surface area contributed by atoms with Gasteiger partial charge in [-0.15, -0.1) is 0 Å². The van der Waals surface area contributed by atoms with Crippen LogP contribution in [-0.2, 0) is 14.3 Å². The lowest BCUT2D eigenvalue weighted by Crippen LogP contribution is -2.54. The fraction of sp³-hybridized carbons (Fsp3) is 0.818. The fourth-order valence-electron chi connectivity index (χ4n) is 1.90. The molecule has 0 aromatic carbocycles. The molecule has 1 aliphatic heterocycles. The molecule has 6 nitrogen and oxygen atoms in total. The Morgan fingerprint density at radius 1 is 1.61 bits per heavy atom. The highest BCUT2D eigenvalue weighted by molar-refractivity contribution is 7.98. The molecule has 1 amide bonds. The van der Waals surface area contributed by atoms with Crippen molar-refractivity contribution in [2.75, 3.05) is 31.8 Å². The predicted octanol–water partition coefficient (Wildman–Crippen LogP) is -0.231. The standard InChI is InChI=1S/C11H20N2O4S/c1-18-5-2-9(12)11(16)13-3-4-17-7-8(13)6-10(14)15/h8-9H,2-7,12H2,1H3,(H,14,15)/t8?,9-/m0/s1. The van der Waals surface area contributed by atoms with Gasteiger partial charge in [-0.2, -0.15) is 11.8 Å². The largest absolute Gasteiger partial charge is 0.481 e. The molecule has 104 valence electrons. The Morgan fingerprint density at radius 3 is 2.94 bits per heavy atom. The summed E-state index contributed by atoms with van der Waals surface area (Å²) < 4.78 is 5.22. The van der Waals surface area contributed by atoms with Crippen LogP contribution in [0.3, 0.4) is 0 Å². The number of rotatable bonds is 6. The van der Waals surface area contributed by atoms with Crippen LogP contribution in [0.2, 0.25) is 0 Å². The van der Waals surface area contributed by atoms with Crippen LogP contribution in [0.15, 0.2) is 0 Å². The molecule has 1 saturated heterocycles. The van der Waals surface area contributed by atoms with Gasteiger partial charge in [-0.3, -0.25) is 9.59 Å². The van der Waals surface area contributed by atoms with E-state index in [1.54, 1.807) is 16.7 Å². The van der Waals surface area contributed by atoms with E-state index in [4.69, 9.17) is 15.6 Å². The number of carboxylic acid groups (broad SMARTS) is 1. The van der Waals surface area contributed by atoms with E-state index in [0.717, 1.165) is 5.75 Å². The smallest absolute Gasteiger partial charge is 0.305 e. The van der Waals surface area contributed by atoms with E-state index in [-0.39, 0.29) is 18.9 Å². The van der Waals surface area contributed by atoms with Crippen LogP contribution in [0.4, 0.5) is 0 Å². The maximum absolute atomic E-state index is 12.1. The highest BCUT2D eigenvalue weighted by Gasteiger charge is 2.31. The van der Waals surface area contributed by atoms with Crippen molar-refractivity contribution in [3.8, 4) is 0 Å². The van der Waals surface area contributed by atoms with Crippen LogP contribution in [-0.4, -0.2) is 65.7 Å². The van der Waals surface area contributed by atoms with Gasteiger partial charge in [-0.25, -0.2) is 0 Å². The summed E-state index contributed by atoms with van der Waals surface area (Å²) in [5.74, 6) is -0.277. The van der Waals surface area contributed by atoms with Crippen LogP contribution in [0.5, 0.6) is 0 Å². The average molecular weight is 276 g/mol. The van der Waals surface area contributed by atoms with Crippen molar-refractivity contribution in [1.82, 2.24) is 4.90 Å². The van der Waals surface area contributed by atoms with Gasteiger partial charge in [0.1, 0.15) is 0 Å². The van der Waals surface area contributed by atoms with Gasteiger partial charge >= 0.3 is 5.97 Å². The minimum Gasteiger partial charge on any atom is -0.481 e. The number of amides is 1. The average Bonchev–Trinajstić information content (AvgIpc) is 2.35. The number of nitrogens with two attached hydrogens (primary N) is 1. The second kappa shape index (κ2) is 7.60. The quantitative estimate of drug-likeness (QED) is 0.696. The van der Waals surface area contributed by atoms with Crippen LogP contribution < -0.4 is 5.73 Å². The first-order valence-corrected chi connectivity index (χ1v) is 7.30. The van der Waals surface area contributed by atoms with Gasteiger partial charge in [0.15, 0.2) is 0 Å². The topological polar surface area (TPSA) is 92.9 Å². The number of thioether (sulfide) groups is 1. The predicted molar refractivity (Wildman–Crippen MR) is 69.5 cm³/mol. The van der Waals surface area contributed by atoms with E-state index in [9.17, 15) is 9.59 Å². The van der Waals surface area contributed by atoms with E-state index in [0.29, 0.717) is 19.6 Å². The molecule has 1 unspecified atom stereocenters. The third kappa shape index (κ3) is 4.47. The summed E-state index contributed by atoms with van der Waals surface area (Å²) in [6.07, 6.45) is 2.47. The second-order valence-electron chi connectivity index (χ2n) is 4.25. The van der Waals surface area contributed by atoms with Crippen LogP contribution in [0.25, 0.3) is 0 Å². The molecule has 3 N–H and O–H groups in total. The number of hydrogen-bond acceptors (Lipinski definition) is 5. The van der Waals surface area contributed by atoms with E-state index in [1.165, 1.54) is 0 Å². The lowest BCUT2D eigenvalue weighted by molar-refractivity contribution is -0.147. The molecular formula is C11H20N2O4S. The normalized spacial score (nSPS) is 21.7. The molecule has 0 aromatic heterocycles. The zero-order valence-electron chi connectivity index (χ0n) is 10.5. The first kappa shape index (κ1) is 15.3. The summed E-state index contributed by atoms with van der Waals surface area (Å²) in [6, 6.07) is -0.948. The maximum atomic E-state index is 12.1. The number of ether oxygens (including phenoxy) is 1. The van der Waals surface area contributed by atoms with Gasteiger partial charge in [0.25, 0.3) is 0 Å². The highest BCUT2D eigenvalue weighted by Crippen LogP contribution is 2.13. The molecule has 1 aliphatic rings. The molecule has 0 bridgehead atoms. The second-order valence-corrected chi connectivity index (χ2v) is 5.23. The van der Waals surface area contributed by atoms with E-state index in [1.807, 2.05) is 6.26 Å². The highest BCUT2D eigenvalue weighted by atomic mass is 32.2. The molecule has 1 fully saturated rings. The van der Waals surface area contributed by atoms with Gasteiger partial charge in [0.05, 0.1) is 31.7 Å². The van der Waals surface area contributed by atoms with Crippen molar-refractivity contribution in [2.24, 2.45) is 5.73 Å². The Hall–Kier alpha value is -0.790. The summed E-state index contributed by atoms with van der Waals surface area (Å²) in [7, 11) is 0. The van der Waals surface area contributed by atoms with Crippen molar-refractivity contribution < 1.29 is 19.4 Å². The number of carbonyl (C=O) groups excluding carboxylic acids is 1. The van der Waals surface area contributed by atoms with E-state index >= 15 is 0 Å². The summed E-state index contributed by atoms with van der Waals surface area (Å²) in [5, 5.41) is 8.82. The number of carbonyl (C=O) groups is 2. The third-order valence-corrected chi connectivity index (χ3v) is 3.51. The summed E-state index contributed by atoms with van der Waals surface area (Å²) >= 11 is 1.64. The zero-order valence-corrected chi connectivity index (χ0v) is 11.3. The zero-order chi connectivity index (χ0) is 13.5. The Morgan fingerprint density at radius 2 is 2.33 bits per heavy atom. The summed E-state index contributed by atoms with van der Waals surface area (Å²) in [5.41, 5.74) is 5.83. The molecule has 1 rings (SSSR count). The van der Waals surface area contributed by atoms with Crippen molar-refractivity contribution >= 4 is 23.6 Å². The lowest BCUT2D eigenvalue weighted by atomic mass is 10.1. The number of carboxylic acids is 1. The Bertz CT molecular complexity index is 301. The SMILES string of the molecule is CSCC[C@H](N)C(=O)N1CCOCC1CC(=O)O. The van der Waals surface area contributed by atoms with Crippen molar-refractivity contribution in [3.05, 3.63) is 0 Å². The maximum Gasteiger partial charge on any atom is 0.305 e. The first-order valence-electron chi connectivity index (χ1n) is 5.90. The molecule has 0 spiro atoms. The van der Waals surface area contributed by atoms with Gasteiger partial charge < -0.3 is 20.5 Å². The molecule has 0 aromatic rings. The monoisotopic (exact) mass is 276 g/mol. The number of hydrogen-bond donors (Lipinski definition) is 2. The van der Waals surface area contributed by atoms with E-state index in [2.05, 4.69) is 0 Å². The molecule has 1 heterocycles. The summed E-state index contributed by atoms with van der Waals surface area (Å²) in [4.78, 5) is 24.4. The van der Waals surface area contributed by atoms with Gasteiger partial charge in [-0.05, 0) is 18.4 Å². The minimum atomic E-state index is -0.930.